The van der Waals surface area contributed by atoms with Crippen molar-refractivity contribution in [2.24, 2.45) is 5.41 Å². The van der Waals surface area contributed by atoms with Crippen molar-refractivity contribution in [1.29, 1.82) is 0 Å². The second kappa shape index (κ2) is 4.17. The van der Waals surface area contributed by atoms with Crippen LogP contribution in [0.2, 0.25) is 0 Å². The number of rotatable bonds is 2. The highest BCUT2D eigenvalue weighted by molar-refractivity contribution is 7.12. The van der Waals surface area contributed by atoms with Crippen LogP contribution in [0.15, 0.2) is 17.8 Å². The number of nitrogens with zero attached hydrogens (tertiary/aromatic N) is 3. The smallest absolute Gasteiger partial charge is 0.210 e. The van der Waals surface area contributed by atoms with E-state index in [1.54, 1.807) is 11.3 Å². The maximum atomic E-state index is 4.53. The molecule has 5 heteroatoms. The molecule has 0 amide bonds. The lowest BCUT2D eigenvalue weighted by Crippen LogP contribution is -2.32. The summed E-state index contributed by atoms with van der Waals surface area (Å²) in [6, 6.07) is 0.400. The molecule has 2 aromatic rings. The molecule has 1 unspecified atom stereocenters. The highest BCUT2D eigenvalue weighted by Gasteiger charge is 2.34. The van der Waals surface area contributed by atoms with Crippen LogP contribution in [-0.2, 0) is 6.42 Å². The Bertz CT molecular complexity index is 541. The van der Waals surface area contributed by atoms with E-state index in [0.29, 0.717) is 11.5 Å². The van der Waals surface area contributed by atoms with Crippen LogP contribution in [0.3, 0.4) is 0 Å². The van der Waals surface area contributed by atoms with Crippen molar-refractivity contribution >= 4 is 11.3 Å². The van der Waals surface area contributed by atoms with Gasteiger partial charge < -0.3 is 5.32 Å². The fourth-order valence-electron chi connectivity index (χ4n) is 2.79. The van der Waals surface area contributed by atoms with Crippen molar-refractivity contribution in [3.8, 4) is 5.13 Å². The third-order valence-electron chi connectivity index (χ3n) is 3.63. The summed E-state index contributed by atoms with van der Waals surface area (Å²) in [5, 5.41) is 10.9. The lowest BCUT2D eigenvalue weighted by Gasteiger charge is -2.35. The first-order chi connectivity index (χ1) is 8.61. The van der Waals surface area contributed by atoms with Crippen LogP contribution < -0.4 is 5.32 Å². The molecule has 96 valence electrons. The predicted octanol–water partition coefficient (Wildman–Crippen LogP) is 2.56. The van der Waals surface area contributed by atoms with Crippen LogP contribution >= 0.6 is 11.3 Å². The van der Waals surface area contributed by atoms with E-state index >= 15 is 0 Å². The average Bonchev–Trinajstić information content (AvgIpc) is 2.94. The fraction of sp³-hybridized carbons (Fsp3) is 0.538. The predicted molar refractivity (Wildman–Crippen MR) is 73.1 cm³/mol. The molecule has 0 spiro atoms. The lowest BCUT2D eigenvalue weighted by molar-refractivity contribution is 0.260. The van der Waals surface area contributed by atoms with Gasteiger partial charge in [0.15, 0.2) is 0 Å². The Morgan fingerprint density at radius 3 is 3.00 bits per heavy atom. The van der Waals surface area contributed by atoms with Crippen molar-refractivity contribution in [1.82, 2.24) is 20.1 Å². The molecular weight excluding hydrogens is 244 g/mol. The Morgan fingerprint density at radius 2 is 2.33 bits per heavy atom. The van der Waals surface area contributed by atoms with E-state index in [2.05, 4.69) is 29.2 Å². The van der Waals surface area contributed by atoms with Crippen molar-refractivity contribution in [2.75, 3.05) is 7.05 Å². The van der Waals surface area contributed by atoms with Gasteiger partial charge in [-0.25, -0.2) is 9.67 Å². The van der Waals surface area contributed by atoms with E-state index in [9.17, 15) is 0 Å². The highest BCUT2D eigenvalue weighted by Crippen LogP contribution is 2.41. The van der Waals surface area contributed by atoms with E-state index < -0.39 is 0 Å². The highest BCUT2D eigenvalue weighted by atomic mass is 32.1. The van der Waals surface area contributed by atoms with Crippen molar-refractivity contribution in [2.45, 2.75) is 32.7 Å². The number of nitrogens with one attached hydrogen (secondary N) is 1. The maximum absolute atomic E-state index is 4.53. The minimum absolute atomic E-state index is 0.301. The van der Waals surface area contributed by atoms with Gasteiger partial charge in [-0.3, -0.25) is 0 Å². The van der Waals surface area contributed by atoms with Gasteiger partial charge in [-0.2, -0.15) is 5.10 Å². The number of aromatic nitrogens is 3. The number of fused-ring (bicyclic) bond motifs is 1. The van der Waals surface area contributed by atoms with Crippen molar-refractivity contribution < 1.29 is 0 Å². The Balaban J connectivity index is 2.09. The van der Waals surface area contributed by atoms with Crippen molar-refractivity contribution in [3.05, 3.63) is 29.0 Å². The zero-order chi connectivity index (χ0) is 12.8. The summed E-state index contributed by atoms with van der Waals surface area (Å²) in [6.07, 6.45) is 6.03. The largest absolute Gasteiger partial charge is 0.313 e. The Kier molecular flexibility index (Phi) is 2.75. The zero-order valence-corrected chi connectivity index (χ0v) is 11.8. The summed E-state index contributed by atoms with van der Waals surface area (Å²) in [7, 11) is 2.02. The van der Waals surface area contributed by atoms with Gasteiger partial charge in [-0.1, -0.05) is 13.8 Å². The molecule has 1 atom stereocenters. The fourth-order valence-corrected chi connectivity index (χ4v) is 3.41. The van der Waals surface area contributed by atoms with Crippen LogP contribution in [-0.4, -0.2) is 21.8 Å². The second-order valence-corrected chi connectivity index (χ2v) is 6.53. The molecule has 0 aromatic carbocycles. The van der Waals surface area contributed by atoms with Gasteiger partial charge in [-0.15, -0.1) is 11.3 Å². The summed E-state index contributed by atoms with van der Waals surface area (Å²) in [5.74, 6) is 0. The van der Waals surface area contributed by atoms with E-state index in [1.807, 2.05) is 29.5 Å². The average molecular weight is 262 g/mol. The number of thiazole rings is 1. The summed E-state index contributed by atoms with van der Waals surface area (Å²) in [6.45, 7) is 4.64. The van der Waals surface area contributed by atoms with Crippen molar-refractivity contribution in [3.63, 3.8) is 0 Å². The molecular formula is C13H18N4S. The molecule has 0 bridgehead atoms. The van der Waals surface area contributed by atoms with Gasteiger partial charge >= 0.3 is 0 Å². The molecule has 0 fully saturated rings. The third kappa shape index (κ3) is 1.87. The normalized spacial score (nSPS) is 21.8. The van der Waals surface area contributed by atoms with Crippen LogP contribution in [0.5, 0.6) is 0 Å². The SMILES string of the molecule is CNC1CC(C)(C)Cc2c1cnn2-c1nccs1. The topological polar surface area (TPSA) is 42.7 Å². The molecule has 1 aliphatic carbocycles. The first-order valence-electron chi connectivity index (χ1n) is 6.25. The Labute approximate surface area is 111 Å². The number of hydrogen-bond acceptors (Lipinski definition) is 4. The Hall–Kier alpha value is -1.20. The molecule has 4 nitrogen and oxygen atoms in total. The molecule has 0 aliphatic heterocycles. The molecule has 1 aliphatic rings. The molecule has 18 heavy (non-hydrogen) atoms. The molecule has 0 saturated carbocycles. The van der Waals surface area contributed by atoms with Crippen LogP contribution in [0.1, 0.15) is 37.6 Å². The number of hydrogen-bond donors (Lipinski definition) is 1. The van der Waals surface area contributed by atoms with Crippen LogP contribution in [0, 0.1) is 5.41 Å². The van der Waals surface area contributed by atoms with E-state index in [1.165, 1.54) is 11.3 Å². The summed E-state index contributed by atoms with van der Waals surface area (Å²) < 4.78 is 2.01. The lowest BCUT2D eigenvalue weighted by atomic mass is 9.74. The quantitative estimate of drug-likeness (QED) is 0.904. The maximum Gasteiger partial charge on any atom is 0.210 e. The molecule has 3 rings (SSSR count). The van der Waals surface area contributed by atoms with Gasteiger partial charge in [-0.05, 0) is 25.3 Å². The monoisotopic (exact) mass is 262 g/mol. The van der Waals surface area contributed by atoms with E-state index in [-0.39, 0.29) is 0 Å². The van der Waals surface area contributed by atoms with Gasteiger partial charge in [0.2, 0.25) is 5.13 Å². The van der Waals surface area contributed by atoms with E-state index in [4.69, 9.17) is 0 Å². The minimum atomic E-state index is 0.301. The summed E-state index contributed by atoms with van der Waals surface area (Å²) in [4.78, 5) is 4.36. The standard InChI is InChI=1S/C13H18N4S/c1-13(2)6-10(14-3)9-8-16-17(11(9)7-13)12-15-4-5-18-12/h4-5,8,10,14H,6-7H2,1-3H3. The molecule has 0 radical (unpaired) electrons. The zero-order valence-electron chi connectivity index (χ0n) is 11.0. The molecule has 2 heterocycles. The molecule has 0 saturated heterocycles. The second-order valence-electron chi connectivity index (χ2n) is 5.66. The van der Waals surface area contributed by atoms with Gasteiger partial charge in [0, 0.05) is 23.2 Å². The first-order valence-corrected chi connectivity index (χ1v) is 7.12. The van der Waals surface area contributed by atoms with E-state index in [0.717, 1.165) is 18.0 Å². The summed E-state index contributed by atoms with van der Waals surface area (Å²) in [5.41, 5.74) is 2.93. The summed E-state index contributed by atoms with van der Waals surface area (Å²) >= 11 is 1.63. The molecule has 2 aromatic heterocycles. The molecule has 1 N–H and O–H groups in total. The first kappa shape index (κ1) is 11.9. The van der Waals surface area contributed by atoms with Gasteiger partial charge in [0.25, 0.3) is 0 Å². The van der Waals surface area contributed by atoms with Gasteiger partial charge in [0.05, 0.1) is 11.9 Å². The Morgan fingerprint density at radius 1 is 1.50 bits per heavy atom. The van der Waals surface area contributed by atoms with Crippen LogP contribution in [0.25, 0.3) is 5.13 Å². The van der Waals surface area contributed by atoms with Crippen LogP contribution in [0.4, 0.5) is 0 Å². The van der Waals surface area contributed by atoms with Gasteiger partial charge in [0.1, 0.15) is 0 Å². The third-order valence-corrected chi connectivity index (χ3v) is 4.38. The minimum Gasteiger partial charge on any atom is -0.313 e.